The van der Waals surface area contributed by atoms with E-state index in [-0.39, 0.29) is 5.82 Å². The van der Waals surface area contributed by atoms with Gasteiger partial charge in [0.2, 0.25) is 0 Å². The maximum absolute atomic E-state index is 12.8. The molecule has 0 N–H and O–H groups in total. The third kappa shape index (κ3) is 7.68. The molecule has 4 heteroatoms. The highest BCUT2D eigenvalue weighted by atomic mass is 35.5. The van der Waals surface area contributed by atoms with Crippen LogP contribution in [-0.2, 0) is 0 Å². The summed E-state index contributed by atoms with van der Waals surface area (Å²) in [6, 6.07) is 4.22. The molecule has 0 spiro atoms. The summed E-state index contributed by atoms with van der Waals surface area (Å²) in [4.78, 5) is 0. The molecule has 1 nitrogen and oxygen atoms in total. The third-order valence-corrected chi connectivity index (χ3v) is 3.57. The van der Waals surface area contributed by atoms with Gasteiger partial charge in [-0.3, -0.25) is 0 Å². The summed E-state index contributed by atoms with van der Waals surface area (Å²) in [6.07, 6.45) is 8.50. The molecule has 0 saturated carbocycles. The van der Waals surface area contributed by atoms with Crippen molar-refractivity contribution in [2.75, 3.05) is 12.4 Å². The van der Waals surface area contributed by atoms with E-state index in [1.54, 1.807) is 6.07 Å². The Hall–Kier alpha value is -0.410. The van der Waals surface area contributed by atoms with Crippen molar-refractivity contribution < 1.29 is 9.13 Å². The standard InChI is InChI=1S/C15H22ClFOS/c16-14-12-13(17)8-9-15(14)18-10-6-4-2-1-3-5-7-11-19/h8-9,12,19H,1-7,10-11H2. The summed E-state index contributed by atoms with van der Waals surface area (Å²) in [5, 5.41) is 0.340. The van der Waals surface area contributed by atoms with Gasteiger partial charge in [-0.05, 0) is 36.8 Å². The summed E-state index contributed by atoms with van der Waals surface area (Å²) in [6.45, 7) is 0.641. The van der Waals surface area contributed by atoms with Crippen molar-refractivity contribution in [3.63, 3.8) is 0 Å². The highest BCUT2D eigenvalue weighted by molar-refractivity contribution is 7.80. The van der Waals surface area contributed by atoms with E-state index >= 15 is 0 Å². The van der Waals surface area contributed by atoms with Crippen molar-refractivity contribution in [3.8, 4) is 5.75 Å². The van der Waals surface area contributed by atoms with Crippen LogP contribution in [0, 0.1) is 5.82 Å². The number of rotatable bonds is 10. The Kier molecular flexibility index (Phi) is 9.10. The van der Waals surface area contributed by atoms with Crippen LogP contribution < -0.4 is 4.74 Å². The second-order valence-corrected chi connectivity index (χ2v) is 5.48. The van der Waals surface area contributed by atoms with Crippen LogP contribution in [0.25, 0.3) is 0 Å². The van der Waals surface area contributed by atoms with Gasteiger partial charge in [-0.1, -0.05) is 43.7 Å². The summed E-state index contributed by atoms with van der Waals surface area (Å²) in [5.41, 5.74) is 0. The molecule has 1 rings (SSSR count). The minimum Gasteiger partial charge on any atom is -0.492 e. The molecular weight excluding hydrogens is 283 g/mol. The normalized spacial score (nSPS) is 10.7. The zero-order chi connectivity index (χ0) is 13.9. The summed E-state index contributed by atoms with van der Waals surface area (Å²) >= 11 is 10.1. The Morgan fingerprint density at radius 3 is 2.26 bits per heavy atom. The molecule has 0 aliphatic rings. The van der Waals surface area contributed by atoms with Crippen LogP contribution in [0.1, 0.15) is 44.9 Å². The van der Waals surface area contributed by atoms with E-state index in [0.29, 0.717) is 17.4 Å². The van der Waals surface area contributed by atoms with Crippen molar-refractivity contribution in [2.24, 2.45) is 0 Å². The number of unbranched alkanes of at least 4 members (excludes halogenated alkanes) is 6. The highest BCUT2D eigenvalue weighted by Gasteiger charge is 2.02. The largest absolute Gasteiger partial charge is 0.492 e. The van der Waals surface area contributed by atoms with Crippen molar-refractivity contribution in [2.45, 2.75) is 44.9 Å². The predicted molar refractivity (Wildman–Crippen MR) is 83.1 cm³/mol. The van der Waals surface area contributed by atoms with Crippen molar-refractivity contribution >= 4 is 24.2 Å². The second kappa shape index (κ2) is 10.4. The zero-order valence-electron chi connectivity index (χ0n) is 11.2. The molecular formula is C15H22ClFOS. The van der Waals surface area contributed by atoms with Crippen LogP contribution in [0.4, 0.5) is 4.39 Å². The van der Waals surface area contributed by atoms with Gasteiger partial charge in [0.25, 0.3) is 0 Å². The van der Waals surface area contributed by atoms with Gasteiger partial charge in [0, 0.05) is 0 Å². The molecule has 0 aliphatic heterocycles. The maximum atomic E-state index is 12.8. The monoisotopic (exact) mass is 304 g/mol. The molecule has 0 atom stereocenters. The minimum absolute atomic E-state index is 0.335. The van der Waals surface area contributed by atoms with E-state index < -0.39 is 0 Å². The third-order valence-electron chi connectivity index (χ3n) is 2.95. The molecule has 0 aliphatic carbocycles. The fourth-order valence-corrected chi connectivity index (χ4v) is 2.32. The first-order valence-corrected chi connectivity index (χ1v) is 7.94. The summed E-state index contributed by atoms with van der Waals surface area (Å²) in [5.74, 6) is 1.22. The van der Waals surface area contributed by atoms with Gasteiger partial charge >= 0.3 is 0 Å². The van der Waals surface area contributed by atoms with Crippen LogP contribution in [0.2, 0.25) is 5.02 Å². The van der Waals surface area contributed by atoms with E-state index in [2.05, 4.69) is 12.6 Å². The molecule has 0 bridgehead atoms. The topological polar surface area (TPSA) is 9.23 Å². The average Bonchev–Trinajstić information content (AvgIpc) is 2.39. The minimum atomic E-state index is -0.335. The molecule has 0 saturated heterocycles. The van der Waals surface area contributed by atoms with Crippen LogP contribution in [-0.4, -0.2) is 12.4 Å². The molecule has 19 heavy (non-hydrogen) atoms. The number of hydrogen-bond acceptors (Lipinski definition) is 2. The molecule has 108 valence electrons. The average molecular weight is 305 g/mol. The van der Waals surface area contributed by atoms with Crippen LogP contribution in [0.3, 0.4) is 0 Å². The molecule has 0 heterocycles. The number of thiol groups is 1. The second-order valence-electron chi connectivity index (χ2n) is 4.62. The van der Waals surface area contributed by atoms with Crippen LogP contribution in [0.15, 0.2) is 18.2 Å². The molecule has 0 amide bonds. The van der Waals surface area contributed by atoms with Gasteiger partial charge < -0.3 is 4.74 Å². The zero-order valence-corrected chi connectivity index (χ0v) is 12.9. The lowest BCUT2D eigenvalue weighted by Crippen LogP contribution is -1.98. The molecule has 1 aromatic rings. The Bertz CT molecular complexity index is 360. The lowest BCUT2D eigenvalue weighted by atomic mass is 10.1. The number of ether oxygens (including phenoxy) is 1. The van der Waals surface area contributed by atoms with Gasteiger partial charge in [-0.15, -0.1) is 0 Å². The van der Waals surface area contributed by atoms with E-state index in [4.69, 9.17) is 16.3 Å². The summed E-state index contributed by atoms with van der Waals surface area (Å²) in [7, 11) is 0. The van der Waals surface area contributed by atoms with Crippen LogP contribution >= 0.6 is 24.2 Å². The molecule has 0 unspecified atom stereocenters. The molecule has 1 aromatic carbocycles. The molecule has 0 radical (unpaired) electrons. The van der Waals surface area contributed by atoms with E-state index in [9.17, 15) is 4.39 Å². The first kappa shape index (κ1) is 16.6. The number of halogens is 2. The van der Waals surface area contributed by atoms with Gasteiger partial charge in [0.15, 0.2) is 0 Å². The predicted octanol–water partition coefficient (Wildman–Crippen LogP) is 5.52. The Morgan fingerprint density at radius 1 is 1.00 bits per heavy atom. The van der Waals surface area contributed by atoms with Crippen molar-refractivity contribution in [1.82, 2.24) is 0 Å². The quantitative estimate of drug-likeness (QED) is 0.442. The molecule has 0 aromatic heterocycles. The van der Waals surface area contributed by atoms with Gasteiger partial charge in [-0.25, -0.2) is 4.39 Å². The SMILES string of the molecule is Fc1ccc(OCCCCCCCCCS)c(Cl)c1. The fraction of sp³-hybridized carbons (Fsp3) is 0.600. The lowest BCUT2D eigenvalue weighted by molar-refractivity contribution is 0.304. The lowest BCUT2D eigenvalue weighted by Gasteiger charge is -2.07. The summed E-state index contributed by atoms with van der Waals surface area (Å²) < 4.78 is 18.3. The number of hydrogen-bond donors (Lipinski definition) is 1. The Morgan fingerprint density at radius 2 is 1.63 bits per heavy atom. The first-order chi connectivity index (χ1) is 9.24. The Balaban J connectivity index is 2.01. The van der Waals surface area contributed by atoms with E-state index in [1.807, 2.05) is 0 Å². The van der Waals surface area contributed by atoms with Gasteiger partial charge in [0.1, 0.15) is 11.6 Å². The number of benzene rings is 1. The van der Waals surface area contributed by atoms with E-state index in [0.717, 1.165) is 12.2 Å². The van der Waals surface area contributed by atoms with Crippen LogP contribution in [0.5, 0.6) is 5.75 Å². The smallest absolute Gasteiger partial charge is 0.138 e. The Labute approximate surface area is 125 Å². The van der Waals surface area contributed by atoms with E-state index in [1.165, 1.54) is 50.7 Å². The highest BCUT2D eigenvalue weighted by Crippen LogP contribution is 2.25. The maximum Gasteiger partial charge on any atom is 0.138 e. The van der Waals surface area contributed by atoms with Gasteiger partial charge in [0.05, 0.1) is 11.6 Å². The van der Waals surface area contributed by atoms with Crippen molar-refractivity contribution in [1.29, 1.82) is 0 Å². The fourth-order valence-electron chi connectivity index (χ4n) is 1.87. The first-order valence-electron chi connectivity index (χ1n) is 6.93. The molecule has 0 fully saturated rings. The van der Waals surface area contributed by atoms with Gasteiger partial charge in [-0.2, -0.15) is 12.6 Å². The van der Waals surface area contributed by atoms with Crippen molar-refractivity contribution in [3.05, 3.63) is 29.0 Å².